The van der Waals surface area contributed by atoms with Crippen molar-refractivity contribution < 1.29 is 10.2 Å². The van der Waals surface area contributed by atoms with E-state index >= 15 is 0 Å². The highest BCUT2D eigenvalue weighted by Gasteiger charge is 2.31. The summed E-state index contributed by atoms with van der Waals surface area (Å²) in [6, 6.07) is 12.6. The van der Waals surface area contributed by atoms with Crippen molar-refractivity contribution in [3.8, 4) is 5.75 Å². The van der Waals surface area contributed by atoms with Gasteiger partial charge in [-0.25, -0.2) is 0 Å². The van der Waals surface area contributed by atoms with E-state index in [1.165, 1.54) is 16.7 Å². The van der Waals surface area contributed by atoms with Crippen molar-refractivity contribution in [3.05, 3.63) is 70.3 Å². The van der Waals surface area contributed by atoms with Crippen molar-refractivity contribution in [2.24, 2.45) is 0 Å². The number of hydrogen-bond acceptors (Lipinski definition) is 2. The molecule has 0 aliphatic heterocycles. The summed E-state index contributed by atoms with van der Waals surface area (Å²) in [4.78, 5) is 0. The van der Waals surface area contributed by atoms with Gasteiger partial charge in [0.15, 0.2) is 0 Å². The first-order valence-corrected chi connectivity index (χ1v) is 9.46. The SMILES string of the molecule is CCC(CC)(c1ccc(O)c(C)c1)c1ccc(/C=C/C(C)(C)O)c(C)c1. The van der Waals surface area contributed by atoms with E-state index in [9.17, 15) is 10.2 Å². The first kappa shape index (κ1) is 20.3. The van der Waals surface area contributed by atoms with Gasteiger partial charge in [0.05, 0.1) is 5.60 Å². The van der Waals surface area contributed by atoms with Gasteiger partial charge in [0.2, 0.25) is 0 Å². The van der Waals surface area contributed by atoms with Crippen molar-refractivity contribution in [2.45, 2.75) is 65.4 Å². The number of phenolic OH excluding ortho intramolecular Hbond substituents is 1. The maximum absolute atomic E-state index is 9.92. The van der Waals surface area contributed by atoms with E-state index in [-0.39, 0.29) is 5.41 Å². The Morgan fingerprint density at radius 1 is 0.885 bits per heavy atom. The lowest BCUT2D eigenvalue weighted by Gasteiger charge is -2.34. The van der Waals surface area contributed by atoms with Gasteiger partial charge in [-0.15, -0.1) is 0 Å². The zero-order chi connectivity index (χ0) is 19.5. The van der Waals surface area contributed by atoms with Crippen molar-refractivity contribution in [1.29, 1.82) is 0 Å². The third kappa shape index (κ3) is 4.19. The maximum Gasteiger partial charge on any atom is 0.118 e. The monoisotopic (exact) mass is 352 g/mol. The van der Waals surface area contributed by atoms with Gasteiger partial charge in [0.1, 0.15) is 5.75 Å². The third-order valence-corrected chi connectivity index (χ3v) is 5.45. The standard InChI is InChI=1S/C24H32O2/c1-7-24(8-2,21-11-12-22(25)18(4)16-21)20-10-9-19(17(3)15-20)13-14-23(5,6)26/h9-16,25-26H,7-8H2,1-6H3/b14-13+. The summed E-state index contributed by atoms with van der Waals surface area (Å²) >= 11 is 0. The molecule has 2 nitrogen and oxygen atoms in total. The molecular weight excluding hydrogens is 320 g/mol. The van der Waals surface area contributed by atoms with Crippen LogP contribution in [0.25, 0.3) is 6.08 Å². The smallest absolute Gasteiger partial charge is 0.118 e. The predicted octanol–water partition coefficient (Wildman–Crippen LogP) is 5.90. The number of phenols is 1. The third-order valence-electron chi connectivity index (χ3n) is 5.45. The van der Waals surface area contributed by atoms with Crippen molar-refractivity contribution in [1.82, 2.24) is 0 Å². The molecule has 2 rings (SSSR count). The first-order chi connectivity index (χ1) is 12.1. The second kappa shape index (κ2) is 7.67. The zero-order valence-corrected chi connectivity index (χ0v) is 16.9. The minimum Gasteiger partial charge on any atom is -0.508 e. The van der Waals surface area contributed by atoms with E-state index in [1.54, 1.807) is 19.9 Å². The van der Waals surface area contributed by atoms with Gasteiger partial charge in [0, 0.05) is 5.41 Å². The Balaban J connectivity index is 2.52. The number of aryl methyl sites for hydroxylation is 2. The minimum absolute atomic E-state index is 0.0677. The van der Waals surface area contributed by atoms with Crippen LogP contribution in [0, 0.1) is 13.8 Å². The van der Waals surface area contributed by atoms with Gasteiger partial charge >= 0.3 is 0 Å². The van der Waals surface area contributed by atoms with Gasteiger partial charge in [-0.3, -0.25) is 0 Å². The molecule has 2 aromatic rings. The minimum atomic E-state index is -0.814. The molecule has 2 heteroatoms. The Morgan fingerprint density at radius 3 is 1.88 bits per heavy atom. The molecule has 0 unspecified atom stereocenters. The van der Waals surface area contributed by atoms with Gasteiger partial charge in [-0.2, -0.15) is 0 Å². The fraction of sp³-hybridized carbons (Fsp3) is 0.417. The predicted molar refractivity (Wildman–Crippen MR) is 111 cm³/mol. The molecular formula is C24H32O2. The molecule has 0 spiro atoms. The highest BCUT2D eigenvalue weighted by atomic mass is 16.3. The Morgan fingerprint density at radius 2 is 1.42 bits per heavy atom. The van der Waals surface area contributed by atoms with Crippen LogP contribution >= 0.6 is 0 Å². The topological polar surface area (TPSA) is 40.5 Å². The summed E-state index contributed by atoms with van der Waals surface area (Å²) in [7, 11) is 0. The van der Waals surface area contributed by atoms with Gasteiger partial charge < -0.3 is 10.2 Å². The first-order valence-electron chi connectivity index (χ1n) is 9.46. The van der Waals surface area contributed by atoms with Crippen molar-refractivity contribution in [3.63, 3.8) is 0 Å². The van der Waals surface area contributed by atoms with Crippen LogP contribution in [0.3, 0.4) is 0 Å². The van der Waals surface area contributed by atoms with Gasteiger partial charge in [0.25, 0.3) is 0 Å². The molecule has 0 fully saturated rings. The Hall–Kier alpha value is -2.06. The number of benzene rings is 2. The normalized spacial score (nSPS) is 12.7. The molecule has 26 heavy (non-hydrogen) atoms. The zero-order valence-electron chi connectivity index (χ0n) is 16.9. The largest absolute Gasteiger partial charge is 0.508 e. The van der Waals surface area contributed by atoms with E-state index < -0.39 is 5.60 Å². The van der Waals surface area contributed by atoms with Crippen molar-refractivity contribution >= 4 is 6.08 Å². The summed E-state index contributed by atoms with van der Waals surface area (Å²) in [5.41, 5.74) is 4.90. The number of rotatable bonds is 6. The summed E-state index contributed by atoms with van der Waals surface area (Å²) in [6.45, 7) is 12.1. The molecule has 0 saturated carbocycles. The molecule has 0 aliphatic carbocycles. The highest BCUT2D eigenvalue weighted by Crippen LogP contribution is 2.40. The molecule has 0 atom stereocenters. The molecule has 2 aromatic carbocycles. The lowest BCUT2D eigenvalue weighted by atomic mass is 9.70. The molecule has 0 heterocycles. The molecule has 0 saturated heterocycles. The number of aromatic hydroxyl groups is 1. The Kier molecular flexibility index (Phi) is 5.98. The van der Waals surface area contributed by atoms with Gasteiger partial charge in [-0.05, 0) is 74.4 Å². The Labute approximate surface area is 158 Å². The molecule has 140 valence electrons. The second-order valence-corrected chi connectivity index (χ2v) is 7.85. The Bertz CT molecular complexity index is 790. The maximum atomic E-state index is 9.92. The fourth-order valence-electron chi connectivity index (χ4n) is 3.64. The van der Waals surface area contributed by atoms with Crippen LogP contribution in [-0.2, 0) is 5.41 Å². The summed E-state index contributed by atoms with van der Waals surface area (Å²) < 4.78 is 0. The molecule has 0 bridgehead atoms. The highest BCUT2D eigenvalue weighted by molar-refractivity contribution is 5.57. The van der Waals surface area contributed by atoms with E-state index in [0.29, 0.717) is 5.75 Å². The summed E-state index contributed by atoms with van der Waals surface area (Å²) in [5.74, 6) is 0.345. The van der Waals surface area contributed by atoms with Crippen LogP contribution in [0.1, 0.15) is 68.4 Å². The van der Waals surface area contributed by atoms with Crippen LogP contribution in [0.15, 0.2) is 42.5 Å². The lowest BCUT2D eigenvalue weighted by molar-refractivity contribution is 0.134. The van der Waals surface area contributed by atoms with E-state index in [2.05, 4.69) is 45.0 Å². The second-order valence-electron chi connectivity index (χ2n) is 7.85. The van der Waals surface area contributed by atoms with Crippen LogP contribution in [0.5, 0.6) is 5.75 Å². The number of hydrogen-bond donors (Lipinski definition) is 2. The van der Waals surface area contributed by atoms with E-state index in [0.717, 1.165) is 24.0 Å². The lowest BCUT2D eigenvalue weighted by Crippen LogP contribution is -2.26. The summed E-state index contributed by atoms with van der Waals surface area (Å²) in [6.07, 6.45) is 5.80. The summed E-state index contributed by atoms with van der Waals surface area (Å²) in [5, 5.41) is 19.8. The fourth-order valence-corrected chi connectivity index (χ4v) is 3.64. The van der Waals surface area contributed by atoms with Crippen LogP contribution < -0.4 is 0 Å². The van der Waals surface area contributed by atoms with Crippen molar-refractivity contribution in [2.75, 3.05) is 0 Å². The molecule has 2 N–H and O–H groups in total. The van der Waals surface area contributed by atoms with Crippen LogP contribution in [0.2, 0.25) is 0 Å². The molecule has 0 amide bonds. The molecule has 0 radical (unpaired) electrons. The quantitative estimate of drug-likeness (QED) is 0.679. The average Bonchev–Trinajstić information content (AvgIpc) is 2.58. The van der Waals surface area contributed by atoms with E-state index in [4.69, 9.17) is 0 Å². The van der Waals surface area contributed by atoms with Crippen LogP contribution in [-0.4, -0.2) is 15.8 Å². The molecule has 0 aromatic heterocycles. The number of aliphatic hydroxyl groups is 1. The average molecular weight is 353 g/mol. The molecule has 0 aliphatic rings. The van der Waals surface area contributed by atoms with Gasteiger partial charge in [-0.1, -0.05) is 56.3 Å². The van der Waals surface area contributed by atoms with E-state index in [1.807, 2.05) is 25.1 Å². The van der Waals surface area contributed by atoms with Crippen LogP contribution in [0.4, 0.5) is 0 Å².